The van der Waals surface area contributed by atoms with Crippen LogP contribution in [-0.2, 0) is 4.79 Å². The lowest BCUT2D eigenvalue weighted by Gasteiger charge is -2.24. The van der Waals surface area contributed by atoms with Crippen LogP contribution in [0.25, 0.3) is 17.3 Å². The van der Waals surface area contributed by atoms with Crippen molar-refractivity contribution < 1.29 is 9.53 Å². The van der Waals surface area contributed by atoms with Gasteiger partial charge in [0.15, 0.2) is 0 Å². The molecule has 2 aliphatic rings. The van der Waals surface area contributed by atoms with Gasteiger partial charge >= 0.3 is 0 Å². The number of benzene rings is 3. The summed E-state index contributed by atoms with van der Waals surface area (Å²) in [4.78, 5) is 17.0. The summed E-state index contributed by atoms with van der Waals surface area (Å²) >= 11 is 0. The maximum absolute atomic E-state index is 12.0. The summed E-state index contributed by atoms with van der Waals surface area (Å²) in [5, 5.41) is 10.1. The van der Waals surface area contributed by atoms with Gasteiger partial charge in [0.05, 0.1) is 5.69 Å². The molecule has 0 spiro atoms. The van der Waals surface area contributed by atoms with Crippen LogP contribution in [0.5, 0.6) is 11.5 Å². The molecule has 3 N–H and O–H groups in total. The van der Waals surface area contributed by atoms with E-state index in [0.29, 0.717) is 17.5 Å². The topological polar surface area (TPSA) is 75.3 Å². The van der Waals surface area contributed by atoms with Crippen molar-refractivity contribution >= 4 is 23.9 Å². The number of hydrogen-bond donors (Lipinski definition) is 3. The minimum absolute atomic E-state index is 0.483. The number of rotatable bonds is 7. The van der Waals surface area contributed by atoms with Crippen LogP contribution in [0.2, 0.25) is 0 Å². The Hall–Kier alpha value is -4.42. The zero-order valence-corrected chi connectivity index (χ0v) is 21.1. The molecule has 1 fully saturated rings. The van der Waals surface area contributed by atoms with E-state index in [0.717, 1.165) is 66.0 Å². The predicted molar refractivity (Wildman–Crippen MR) is 152 cm³/mol. The highest BCUT2D eigenvalue weighted by Gasteiger charge is 2.24. The lowest BCUT2D eigenvalue weighted by Crippen LogP contribution is -2.26. The predicted octanol–water partition coefficient (Wildman–Crippen LogP) is 6.57. The van der Waals surface area contributed by atoms with Gasteiger partial charge in [-0.15, -0.1) is 0 Å². The third-order valence-corrected chi connectivity index (χ3v) is 7.19. The van der Waals surface area contributed by atoms with Crippen LogP contribution in [0.1, 0.15) is 41.5 Å². The second-order valence-corrected chi connectivity index (χ2v) is 9.66. The first-order chi connectivity index (χ1) is 18.8. The Balaban J connectivity index is 1.37. The zero-order valence-electron chi connectivity index (χ0n) is 21.1. The standard InChI is InChI=1S/C32H30N4O2/c37-21-29-31-24(16-19-34-29)20-28(27-8-4-5-9-30(27)38-26-6-2-1-3-7-26)36-32(31)35-25-12-10-22(11-13-25)23-14-17-33-18-15-23/h1-13,16,19-21,23,29,33-34H,14-15,17-18H2,(H,35,36). The van der Waals surface area contributed by atoms with Crippen molar-refractivity contribution in [2.75, 3.05) is 18.4 Å². The minimum Gasteiger partial charge on any atom is -0.457 e. The van der Waals surface area contributed by atoms with Crippen LogP contribution in [-0.4, -0.2) is 24.4 Å². The molecule has 0 radical (unpaired) electrons. The van der Waals surface area contributed by atoms with E-state index in [2.05, 4.69) is 40.2 Å². The Kier molecular flexibility index (Phi) is 6.87. The average Bonchev–Trinajstić information content (AvgIpc) is 2.98. The van der Waals surface area contributed by atoms with E-state index in [1.165, 1.54) is 5.56 Å². The third-order valence-electron chi connectivity index (χ3n) is 7.19. The van der Waals surface area contributed by atoms with E-state index in [4.69, 9.17) is 9.72 Å². The van der Waals surface area contributed by atoms with Crippen LogP contribution in [0, 0.1) is 0 Å². The fourth-order valence-electron chi connectivity index (χ4n) is 5.22. The van der Waals surface area contributed by atoms with Crippen molar-refractivity contribution in [3.05, 3.63) is 108 Å². The lowest BCUT2D eigenvalue weighted by atomic mass is 9.90. The molecule has 3 heterocycles. The number of carbonyl (C=O) groups is 1. The van der Waals surface area contributed by atoms with Gasteiger partial charge in [0, 0.05) is 16.8 Å². The Morgan fingerprint density at radius 2 is 1.68 bits per heavy atom. The Bertz CT molecular complexity index is 1440. The zero-order chi connectivity index (χ0) is 25.7. The third kappa shape index (κ3) is 5.04. The molecular weight excluding hydrogens is 472 g/mol. The summed E-state index contributed by atoms with van der Waals surface area (Å²) in [5.74, 6) is 2.72. The normalized spacial score (nSPS) is 16.8. The van der Waals surface area contributed by atoms with Crippen molar-refractivity contribution in [3.63, 3.8) is 0 Å². The number of aldehydes is 1. The first kappa shape index (κ1) is 23.9. The molecule has 2 aliphatic heterocycles. The second-order valence-electron chi connectivity index (χ2n) is 9.66. The number of anilines is 2. The molecule has 0 amide bonds. The highest BCUT2D eigenvalue weighted by atomic mass is 16.5. The van der Waals surface area contributed by atoms with E-state index in [1.807, 2.05) is 72.9 Å². The van der Waals surface area contributed by atoms with Gasteiger partial charge in [-0.25, -0.2) is 4.98 Å². The van der Waals surface area contributed by atoms with E-state index < -0.39 is 6.04 Å². The summed E-state index contributed by atoms with van der Waals surface area (Å²) < 4.78 is 6.23. The summed E-state index contributed by atoms with van der Waals surface area (Å²) in [6, 6.07) is 27.8. The highest BCUT2D eigenvalue weighted by Crippen LogP contribution is 2.38. The molecule has 6 nitrogen and oxygen atoms in total. The van der Waals surface area contributed by atoms with E-state index in [1.54, 1.807) is 0 Å². The fourth-order valence-corrected chi connectivity index (χ4v) is 5.22. The van der Waals surface area contributed by atoms with Crippen LogP contribution >= 0.6 is 0 Å². The molecular formula is C32H30N4O2. The maximum atomic E-state index is 12.0. The maximum Gasteiger partial charge on any atom is 0.146 e. The quantitative estimate of drug-likeness (QED) is 0.248. The Labute approximate surface area is 222 Å². The van der Waals surface area contributed by atoms with Crippen LogP contribution in [0.15, 0.2) is 91.1 Å². The van der Waals surface area contributed by atoms with Crippen LogP contribution in [0.3, 0.4) is 0 Å². The molecule has 0 aliphatic carbocycles. The highest BCUT2D eigenvalue weighted by molar-refractivity contribution is 5.81. The number of piperidine rings is 1. The summed E-state index contributed by atoms with van der Waals surface area (Å²) in [6.45, 7) is 2.13. The van der Waals surface area contributed by atoms with Gasteiger partial charge in [0.1, 0.15) is 29.6 Å². The largest absolute Gasteiger partial charge is 0.457 e. The number of para-hydroxylation sites is 2. The smallest absolute Gasteiger partial charge is 0.146 e. The van der Waals surface area contributed by atoms with E-state index in [-0.39, 0.29) is 0 Å². The number of hydrogen-bond acceptors (Lipinski definition) is 6. The molecule has 6 rings (SSSR count). The first-order valence-electron chi connectivity index (χ1n) is 13.1. The molecule has 1 unspecified atom stereocenters. The molecule has 190 valence electrons. The second kappa shape index (κ2) is 10.9. The van der Waals surface area contributed by atoms with Gasteiger partial charge in [0.25, 0.3) is 0 Å². The van der Waals surface area contributed by atoms with Crippen LogP contribution in [0.4, 0.5) is 11.5 Å². The number of nitrogens with zero attached hydrogens (tertiary/aromatic N) is 1. The first-order valence-corrected chi connectivity index (χ1v) is 13.1. The SMILES string of the molecule is O=CC1NC=Cc2cc(-c3ccccc3Oc3ccccc3)nc(Nc3ccc(C4CCNCC4)cc3)c21. The molecule has 6 heteroatoms. The van der Waals surface area contributed by atoms with Crippen molar-refractivity contribution in [2.45, 2.75) is 24.8 Å². The molecule has 4 aromatic rings. The fraction of sp³-hybridized carbons (Fsp3) is 0.188. The molecule has 38 heavy (non-hydrogen) atoms. The monoisotopic (exact) mass is 502 g/mol. The Morgan fingerprint density at radius 1 is 0.921 bits per heavy atom. The molecule has 0 saturated carbocycles. The van der Waals surface area contributed by atoms with E-state index >= 15 is 0 Å². The minimum atomic E-state index is -0.483. The molecule has 1 atom stereocenters. The van der Waals surface area contributed by atoms with Crippen molar-refractivity contribution in [3.8, 4) is 22.8 Å². The average molecular weight is 503 g/mol. The number of fused-ring (bicyclic) bond motifs is 1. The number of nitrogens with one attached hydrogen (secondary N) is 3. The molecule has 0 bridgehead atoms. The van der Waals surface area contributed by atoms with Crippen LogP contribution < -0.4 is 20.7 Å². The number of carbonyl (C=O) groups excluding carboxylic acids is 1. The number of aromatic nitrogens is 1. The van der Waals surface area contributed by atoms with Crippen molar-refractivity contribution in [2.24, 2.45) is 0 Å². The van der Waals surface area contributed by atoms with Gasteiger partial charge in [-0.1, -0.05) is 42.5 Å². The Morgan fingerprint density at radius 3 is 2.47 bits per heavy atom. The summed E-state index contributed by atoms with van der Waals surface area (Å²) in [6.07, 6.45) is 7.03. The van der Waals surface area contributed by atoms with Gasteiger partial charge < -0.3 is 25.5 Å². The van der Waals surface area contributed by atoms with Crippen molar-refractivity contribution in [1.82, 2.24) is 15.6 Å². The molecule has 3 aromatic carbocycles. The summed E-state index contributed by atoms with van der Waals surface area (Å²) in [7, 11) is 0. The van der Waals surface area contributed by atoms with Gasteiger partial charge in [0.2, 0.25) is 0 Å². The van der Waals surface area contributed by atoms with Crippen molar-refractivity contribution in [1.29, 1.82) is 0 Å². The van der Waals surface area contributed by atoms with Gasteiger partial charge in [-0.05, 0) is 97.7 Å². The molecule has 1 saturated heterocycles. The lowest BCUT2D eigenvalue weighted by molar-refractivity contribution is -0.109. The summed E-state index contributed by atoms with van der Waals surface area (Å²) in [5.41, 5.74) is 5.70. The van der Waals surface area contributed by atoms with E-state index in [9.17, 15) is 4.79 Å². The number of ether oxygens (including phenoxy) is 1. The molecule has 1 aromatic heterocycles. The number of pyridine rings is 1. The van der Waals surface area contributed by atoms with Gasteiger partial charge in [-0.3, -0.25) is 0 Å². The van der Waals surface area contributed by atoms with Gasteiger partial charge in [-0.2, -0.15) is 0 Å².